The highest BCUT2D eigenvalue weighted by molar-refractivity contribution is 6.07. The lowest BCUT2D eigenvalue weighted by Crippen LogP contribution is -2.15. The Hall–Kier alpha value is -3.22. The lowest BCUT2D eigenvalue weighted by molar-refractivity contribution is -0.117. The SMILES string of the molecule is COc1cc(OC)c(C(=O)Nc2ccc(NC(=O)C3CC3)cc2)cc1OC. The van der Waals surface area contributed by atoms with Gasteiger partial charge in [0.15, 0.2) is 11.5 Å². The molecule has 0 radical (unpaired) electrons. The van der Waals surface area contributed by atoms with Crippen LogP contribution >= 0.6 is 0 Å². The first-order chi connectivity index (χ1) is 13.0. The third-order valence-corrected chi connectivity index (χ3v) is 4.31. The van der Waals surface area contributed by atoms with E-state index < -0.39 is 0 Å². The van der Waals surface area contributed by atoms with Crippen molar-refractivity contribution in [1.29, 1.82) is 0 Å². The third-order valence-electron chi connectivity index (χ3n) is 4.31. The molecule has 0 saturated heterocycles. The Morgan fingerprint density at radius 3 is 1.85 bits per heavy atom. The number of benzene rings is 2. The first-order valence-electron chi connectivity index (χ1n) is 8.58. The van der Waals surface area contributed by atoms with E-state index in [1.165, 1.54) is 21.3 Å². The highest BCUT2D eigenvalue weighted by Gasteiger charge is 2.29. The van der Waals surface area contributed by atoms with E-state index in [2.05, 4.69) is 10.6 Å². The van der Waals surface area contributed by atoms with E-state index in [1.807, 2.05) is 0 Å². The molecule has 1 aliphatic carbocycles. The van der Waals surface area contributed by atoms with Gasteiger partial charge in [0.25, 0.3) is 5.91 Å². The summed E-state index contributed by atoms with van der Waals surface area (Å²) >= 11 is 0. The maximum Gasteiger partial charge on any atom is 0.259 e. The van der Waals surface area contributed by atoms with Gasteiger partial charge in [0.1, 0.15) is 5.75 Å². The number of nitrogens with one attached hydrogen (secondary N) is 2. The molecule has 2 amide bonds. The van der Waals surface area contributed by atoms with Gasteiger partial charge in [-0.1, -0.05) is 0 Å². The Balaban J connectivity index is 1.73. The molecule has 1 aliphatic rings. The summed E-state index contributed by atoms with van der Waals surface area (Å²) in [6.07, 6.45) is 1.90. The fourth-order valence-electron chi connectivity index (χ4n) is 2.63. The molecular formula is C20H22N2O5. The summed E-state index contributed by atoms with van der Waals surface area (Å²) in [6.45, 7) is 0. The molecule has 7 heteroatoms. The number of ether oxygens (including phenoxy) is 3. The molecule has 2 aromatic rings. The highest BCUT2D eigenvalue weighted by Crippen LogP contribution is 2.35. The second-order valence-corrected chi connectivity index (χ2v) is 6.20. The summed E-state index contributed by atoms with van der Waals surface area (Å²) in [4.78, 5) is 24.5. The molecular weight excluding hydrogens is 348 g/mol. The predicted octanol–water partition coefficient (Wildman–Crippen LogP) is 3.31. The van der Waals surface area contributed by atoms with Crippen molar-refractivity contribution >= 4 is 23.2 Å². The molecule has 1 fully saturated rings. The lowest BCUT2D eigenvalue weighted by Gasteiger charge is -2.14. The van der Waals surface area contributed by atoms with Crippen LogP contribution in [0.4, 0.5) is 11.4 Å². The van der Waals surface area contributed by atoms with Crippen molar-refractivity contribution in [3.05, 3.63) is 42.0 Å². The van der Waals surface area contributed by atoms with Gasteiger partial charge < -0.3 is 24.8 Å². The smallest absolute Gasteiger partial charge is 0.259 e. The van der Waals surface area contributed by atoms with Crippen molar-refractivity contribution in [3.8, 4) is 17.2 Å². The molecule has 0 atom stereocenters. The van der Waals surface area contributed by atoms with Crippen LogP contribution in [0.3, 0.4) is 0 Å². The normalized spacial score (nSPS) is 12.9. The van der Waals surface area contributed by atoms with E-state index in [0.29, 0.717) is 34.2 Å². The fourth-order valence-corrected chi connectivity index (χ4v) is 2.63. The van der Waals surface area contributed by atoms with Crippen LogP contribution in [0.15, 0.2) is 36.4 Å². The average molecular weight is 370 g/mol. The number of amides is 2. The van der Waals surface area contributed by atoms with Crippen LogP contribution in [0, 0.1) is 5.92 Å². The second-order valence-electron chi connectivity index (χ2n) is 6.20. The quantitative estimate of drug-likeness (QED) is 0.781. The largest absolute Gasteiger partial charge is 0.496 e. The van der Waals surface area contributed by atoms with Gasteiger partial charge in [0.2, 0.25) is 5.91 Å². The van der Waals surface area contributed by atoms with Crippen LogP contribution in [-0.2, 0) is 4.79 Å². The van der Waals surface area contributed by atoms with Crippen molar-refractivity contribution < 1.29 is 23.8 Å². The minimum atomic E-state index is -0.345. The minimum absolute atomic E-state index is 0.0434. The zero-order valence-corrected chi connectivity index (χ0v) is 15.5. The maximum absolute atomic E-state index is 12.7. The summed E-state index contributed by atoms with van der Waals surface area (Å²) in [5.41, 5.74) is 1.62. The van der Waals surface area contributed by atoms with Crippen molar-refractivity contribution in [2.45, 2.75) is 12.8 Å². The highest BCUT2D eigenvalue weighted by atomic mass is 16.5. The van der Waals surface area contributed by atoms with E-state index in [-0.39, 0.29) is 17.7 Å². The summed E-state index contributed by atoms with van der Waals surface area (Å²) in [5, 5.41) is 5.67. The molecule has 0 aromatic heterocycles. The fraction of sp³-hybridized carbons (Fsp3) is 0.300. The van der Waals surface area contributed by atoms with E-state index in [4.69, 9.17) is 14.2 Å². The van der Waals surface area contributed by atoms with Crippen LogP contribution in [0.2, 0.25) is 0 Å². The molecule has 142 valence electrons. The number of carbonyl (C=O) groups is 2. The van der Waals surface area contributed by atoms with Crippen LogP contribution in [0.25, 0.3) is 0 Å². The molecule has 3 rings (SSSR count). The molecule has 0 heterocycles. The number of hydrogen-bond acceptors (Lipinski definition) is 5. The molecule has 0 aliphatic heterocycles. The zero-order chi connectivity index (χ0) is 19.4. The van der Waals surface area contributed by atoms with Crippen molar-refractivity contribution in [1.82, 2.24) is 0 Å². The summed E-state index contributed by atoms with van der Waals surface area (Å²) in [6, 6.07) is 10.1. The topological polar surface area (TPSA) is 85.9 Å². The Labute approximate surface area is 157 Å². The molecule has 2 aromatic carbocycles. The van der Waals surface area contributed by atoms with Crippen molar-refractivity contribution in [2.24, 2.45) is 5.92 Å². The molecule has 0 spiro atoms. The van der Waals surface area contributed by atoms with Gasteiger partial charge in [0.05, 0.1) is 26.9 Å². The van der Waals surface area contributed by atoms with E-state index in [9.17, 15) is 9.59 Å². The second kappa shape index (κ2) is 7.99. The molecule has 0 bridgehead atoms. The van der Waals surface area contributed by atoms with Gasteiger partial charge in [-0.25, -0.2) is 0 Å². The number of methoxy groups -OCH3 is 3. The molecule has 27 heavy (non-hydrogen) atoms. The van der Waals surface area contributed by atoms with Crippen LogP contribution in [0.5, 0.6) is 17.2 Å². The summed E-state index contributed by atoms with van der Waals surface area (Å²) in [5.74, 6) is 1.12. The standard InChI is InChI=1S/C20H22N2O5/c1-25-16-11-18(27-3)17(26-2)10-15(16)20(24)22-14-8-6-13(7-9-14)21-19(23)12-4-5-12/h6-12H,4-5H2,1-3H3,(H,21,23)(H,22,24). The first kappa shape index (κ1) is 18.6. The van der Waals surface area contributed by atoms with Crippen molar-refractivity contribution in [2.75, 3.05) is 32.0 Å². The Bertz CT molecular complexity index is 844. The number of anilines is 2. The summed E-state index contributed by atoms with van der Waals surface area (Å²) < 4.78 is 15.8. The van der Waals surface area contributed by atoms with Crippen LogP contribution < -0.4 is 24.8 Å². The average Bonchev–Trinajstić information content (AvgIpc) is 3.53. The Morgan fingerprint density at radius 1 is 0.815 bits per heavy atom. The molecule has 0 unspecified atom stereocenters. The minimum Gasteiger partial charge on any atom is -0.496 e. The number of rotatable bonds is 7. The van der Waals surface area contributed by atoms with E-state index in [0.717, 1.165) is 12.8 Å². The van der Waals surface area contributed by atoms with Crippen molar-refractivity contribution in [3.63, 3.8) is 0 Å². The van der Waals surface area contributed by atoms with Crippen LogP contribution in [0.1, 0.15) is 23.2 Å². The first-order valence-corrected chi connectivity index (χ1v) is 8.58. The lowest BCUT2D eigenvalue weighted by atomic mass is 10.1. The predicted molar refractivity (Wildman–Crippen MR) is 102 cm³/mol. The maximum atomic E-state index is 12.7. The molecule has 2 N–H and O–H groups in total. The van der Waals surface area contributed by atoms with Gasteiger partial charge in [-0.2, -0.15) is 0 Å². The van der Waals surface area contributed by atoms with E-state index in [1.54, 1.807) is 36.4 Å². The third kappa shape index (κ3) is 4.31. The number of hydrogen-bond donors (Lipinski definition) is 2. The Kier molecular flexibility index (Phi) is 5.49. The van der Waals surface area contributed by atoms with Crippen LogP contribution in [-0.4, -0.2) is 33.1 Å². The van der Waals surface area contributed by atoms with E-state index >= 15 is 0 Å². The Morgan fingerprint density at radius 2 is 1.33 bits per heavy atom. The molecule has 7 nitrogen and oxygen atoms in total. The van der Waals surface area contributed by atoms with Gasteiger partial charge in [-0.3, -0.25) is 9.59 Å². The monoisotopic (exact) mass is 370 g/mol. The zero-order valence-electron chi connectivity index (χ0n) is 15.5. The van der Waals surface area contributed by atoms with Gasteiger partial charge in [0, 0.05) is 29.4 Å². The van der Waals surface area contributed by atoms with Gasteiger partial charge >= 0.3 is 0 Å². The number of carbonyl (C=O) groups excluding carboxylic acids is 2. The van der Waals surface area contributed by atoms with Gasteiger partial charge in [-0.05, 0) is 37.1 Å². The van der Waals surface area contributed by atoms with Gasteiger partial charge in [-0.15, -0.1) is 0 Å². The molecule has 1 saturated carbocycles. The summed E-state index contributed by atoms with van der Waals surface area (Å²) in [7, 11) is 4.50.